The second-order valence-corrected chi connectivity index (χ2v) is 8.15. The second kappa shape index (κ2) is 8.87. The van der Waals surface area contributed by atoms with Crippen molar-refractivity contribution in [2.45, 2.75) is 84.0 Å². The molecule has 4 unspecified atom stereocenters. The van der Waals surface area contributed by atoms with Gasteiger partial charge in [-0.2, -0.15) is 0 Å². The number of esters is 2. The molecule has 0 aromatic heterocycles. The van der Waals surface area contributed by atoms with Gasteiger partial charge in [0.15, 0.2) is 0 Å². The lowest BCUT2D eigenvalue weighted by Crippen LogP contribution is -2.44. The number of carbonyl (C=O) groups is 2. The van der Waals surface area contributed by atoms with E-state index in [-0.39, 0.29) is 12.0 Å². The van der Waals surface area contributed by atoms with Gasteiger partial charge in [-0.15, -0.1) is 0 Å². The van der Waals surface area contributed by atoms with Crippen LogP contribution in [0.2, 0.25) is 0 Å². The summed E-state index contributed by atoms with van der Waals surface area (Å²) in [6, 6.07) is 0. The van der Waals surface area contributed by atoms with Crippen LogP contribution < -0.4 is 0 Å². The number of carbonyl (C=O) groups excluding carboxylic acids is 2. The quantitative estimate of drug-likeness (QED) is 0.425. The molecule has 27 heavy (non-hydrogen) atoms. The molecular formula is C22H32O5. The number of aliphatic hydroxyl groups is 1. The fourth-order valence-electron chi connectivity index (χ4n) is 3.83. The van der Waals surface area contributed by atoms with Crippen LogP contribution in [0, 0.1) is 5.92 Å². The second-order valence-electron chi connectivity index (χ2n) is 8.15. The molecule has 1 saturated heterocycles. The number of allylic oxidation sites excluding steroid dienone is 3. The van der Waals surface area contributed by atoms with Crippen molar-refractivity contribution in [1.29, 1.82) is 0 Å². The van der Waals surface area contributed by atoms with E-state index in [4.69, 9.17) is 9.47 Å². The molecule has 1 fully saturated rings. The van der Waals surface area contributed by atoms with Gasteiger partial charge in [0, 0.05) is 24.8 Å². The largest absolute Gasteiger partial charge is 0.459 e. The molecule has 4 atom stereocenters. The minimum atomic E-state index is -1.20. The van der Waals surface area contributed by atoms with Crippen molar-refractivity contribution in [3.05, 3.63) is 35.5 Å². The van der Waals surface area contributed by atoms with Crippen LogP contribution in [-0.4, -0.2) is 34.9 Å². The fourth-order valence-corrected chi connectivity index (χ4v) is 3.83. The average Bonchev–Trinajstić information content (AvgIpc) is 2.80. The highest BCUT2D eigenvalue weighted by atomic mass is 16.6. The van der Waals surface area contributed by atoms with Gasteiger partial charge >= 0.3 is 11.9 Å². The Morgan fingerprint density at radius 3 is 2.63 bits per heavy atom. The molecule has 0 saturated carbocycles. The Balaban J connectivity index is 2.34. The maximum atomic E-state index is 12.1. The maximum absolute atomic E-state index is 12.1. The zero-order valence-electron chi connectivity index (χ0n) is 16.9. The minimum Gasteiger partial charge on any atom is -0.459 e. The van der Waals surface area contributed by atoms with E-state index in [9.17, 15) is 14.7 Å². The Kier molecular flexibility index (Phi) is 7.04. The standard InChI is InChI=1S/C22H32O5/c1-14-8-6-9-15(2)12-19-18(16(3)21(24)27-19)13-20(26-17(4)23)22(5,25)11-7-10-14/h9-10,18-20,25H,3,6-8,11-13H2,1-2,4-5H3/b14-10-,15-9+. The van der Waals surface area contributed by atoms with E-state index in [0.717, 1.165) is 18.4 Å². The van der Waals surface area contributed by atoms with Gasteiger partial charge in [0.1, 0.15) is 12.2 Å². The van der Waals surface area contributed by atoms with Crippen molar-refractivity contribution in [2.24, 2.45) is 5.92 Å². The van der Waals surface area contributed by atoms with Gasteiger partial charge in [0.25, 0.3) is 0 Å². The molecule has 0 spiro atoms. The first-order chi connectivity index (χ1) is 12.6. The van der Waals surface area contributed by atoms with Crippen LogP contribution in [0.5, 0.6) is 0 Å². The topological polar surface area (TPSA) is 72.8 Å². The van der Waals surface area contributed by atoms with E-state index >= 15 is 0 Å². The Labute approximate surface area is 162 Å². The summed E-state index contributed by atoms with van der Waals surface area (Å²) in [4.78, 5) is 23.7. The van der Waals surface area contributed by atoms with Crippen LogP contribution in [0.4, 0.5) is 0 Å². The number of ether oxygens (including phenoxy) is 2. The summed E-state index contributed by atoms with van der Waals surface area (Å²) in [5.74, 6) is -1.13. The van der Waals surface area contributed by atoms with Crippen LogP contribution in [-0.2, 0) is 19.1 Å². The summed E-state index contributed by atoms with van der Waals surface area (Å²) < 4.78 is 11.0. The number of fused-ring (bicyclic) bond motifs is 1. The molecule has 150 valence electrons. The molecule has 0 aromatic carbocycles. The number of rotatable bonds is 1. The first kappa shape index (κ1) is 21.4. The summed E-state index contributed by atoms with van der Waals surface area (Å²) in [6.07, 6.45) is 7.25. The molecule has 1 heterocycles. The molecule has 0 bridgehead atoms. The summed E-state index contributed by atoms with van der Waals surface area (Å²) >= 11 is 0. The SMILES string of the molecule is C=C1C(=O)OC2C/C(C)=C/CC/C(C)=C\CCC(C)(O)C(OC(C)=O)CC12. The van der Waals surface area contributed by atoms with Crippen LogP contribution in [0.3, 0.4) is 0 Å². The molecule has 2 aliphatic rings. The summed E-state index contributed by atoms with van der Waals surface area (Å²) in [6.45, 7) is 11.0. The Morgan fingerprint density at radius 2 is 1.96 bits per heavy atom. The highest BCUT2D eigenvalue weighted by Crippen LogP contribution is 2.37. The van der Waals surface area contributed by atoms with Crippen LogP contribution in [0.15, 0.2) is 35.5 Å². The Hall–Kier alpha value is -1.88. The molecular weight excluding hydrogens is 344 g/mol. The van der Waals surface area contributed by atoms with Crippen molar-refractivity contribution in [3.63, 3.8) is 0 Å². The third-order valence-corrected chi connectivity index (χ3v) is 5.58. The van der Waals surface area contributed by atoms with Crippen LogP contribution in [0.25, 0.3) is 0 Å². The Bertz CT molecular complexity index is 656. The molecule has 5 heteroatoms. The number of hydrogen-bond acceptors (Lipinski definition) is 5. The summed E-state index contributed by atoms with van der Waals surface area (Å²) in [7, 11) is 0. The molecule has 0 aromatic rings. The van der Waals surface area contributed by atoms with Gasteiger partial charge in [-0.05, 0) is 52.9 Å². The van der Waals surface area contributed by atoms with Crippen LogP contribution in [0.1, 0.15) is 66.2 Å². The average molecular weight is 376 g/mol. The van der Waals surface area contributed by atoms with Crippen molar-refractivity contribution in [2.75, 3.05) is 0 Å². The monoisotopic (exact) mass is 376 g/mol. The van der Waals surface area contributed by atoms with E-state index in [1.165, 1.54) is 12.5 Å². The lowest BCUT2D eigenvalue weighted by Gasteiger charge is -2.34. The molecule has 1 N–H and O–H groups in total. The fraction of sp³-hybridized carbons (Fsp3) is 0.636. The van der Waals surface area contributed by atoms with E-state index in [1.807, 2.05) is 6.92 Å². The third-order valence-electron chi connectivity index (χ3n) is 5.58. The first-order valence-electron chi connectivity index (χ1n) is 9.70. The van der Waals surface area contributed by atoms with E-state index < -0.39 is 23.6 Å². The zero-order chi connectivity index (χ0) is 20.2. The number of hydrogen-bond donors (Lipinski definition) is 1. The van der Waals surface area contributed by atoms with E-state index in [0.29, 0.717) is 31.3 Å². The van der Waals surface area contributed by atoms with Crippen molar-refractivity contribution in [1.82, 2.24) is 0 Å². The van der Waals surface area contributed by atoms with E-state index in [2.05, 4.69) is 25.7 Å². The third kappa shape index (κ3) is 5.80. The Morgan fingerprint density at radius 1 is 1.30 bits per heavy atom. The van der Waals surface area contributed by atoms with Crippen molar-refractivity contribution < 1.29 is 24.2 Å². The normalized spacial score (nSPS) is 37.1. The van der Waals surface area contributed by atoms with Gasteiger partial charge in [0.05, 0.1) is 5.60 Å². The van der Waals surface area contributed by atoms with E-state index in [1.54, 1.807) is 6.92 Å². The van der Waals surface area contributed by atoms with Crippen molar-refractivity contribution >= 4 is 11.9 Å². The summed E-state index contributed by atoms with van der Waals surface area (Å²) in [5, 5.41) is 11.0. The van der Waals surface area contributed by atoms with Gasteiger partial charge in [-0.3, -0.25) is 4.79 Å². The first-order valence-corrected chi connectivity index (χ1v) is 9.70. The molecule has 1 aliphatic heterocycles. The van der Waals surface area contributed by atoms with Crippen LogP contribution >= 0.6 is 0 Å². The molecule has 0 amide bonds. The summed E-state index contributed by atoms with van der Waals surface area (Å²) in [5.41, 5.74) is 1.62. The zero-order valence-corrected chi connectivity index (χ0v) is 16.9. The van der Waals surface area contributed by atoms with Gasteiger partial charge < -0.3 is 14.6 Å². The van der Waals surface area contributed by atoms with Gasteiger partial charge in [0.2, 0.25) is 0 Å². The van der Waals surface area contributed by atoms with Gasteiger partial charge in [-0.1, -0.05) is 29.9 Å². The smallest absolute Gasteiger partial charge is 0.334 e. The highest BCUT2D eigenvalue weighted by molar-refractivity contribution is 5.90. The predicted molar refractivity (Wildman–Crippen MR) is 104 cm³/mol. The maximum Gasteiger partial charge on any atom is 0.334 e. The minimum absolute atomic E-state index is 0.281. The molecule has 0 radical (unpaired) electrons. The predicted octanol–water partition coefficient (Wildman–Crippen LogP) is 4.01. The molecule has 2 rings (SSSR count). The van der Waals surface area contributed by atoms with Gasteiger partial charge in [-0.25, -0.2) is 4.79 Å². The van der Waals surface area contributed by atoms with Crippen molar-refractivity contribution in [3.8, 4) is 0 Å². The molecule has 1 aliphatic carbocycles. The lowest BCUT2D eigenvalue weighted by atomic mass is 9.81. The molecule has 5 nitrogen and oxygen atoms in total. The highest BCUT2D eigenvalue weighted by Gasteiger charge is 2.44. The lowest BCUT2D eigenvalue weighted by molar-refractivity contribution is -0.164.